The van der Waals surface area contributed by atoms with Gasteiger partial charge in [0.2, 0.25) is 5.91 Å². The molecule has 0 aliphatic carbocycles. The number of amides is 1. The van der Waals surface area contributed by atoms with Crippen LogP contribution in [0.1, 0.15) is 232 Å². The molecule has 0 saturated heterocycles. The first kappa shape index (κ1) is 43.4. The lowest BCUT2D eigenvalue weighted by molar-refractivity contribution is -0.123. The molecule has 0 aliphatic heterocycles. The van der Waals surface area contributed by atoms with Gasteiger partial charge in [-0.25, -0.2) is 0 Å². The van der Waals surface area contributed by atoms with Gasteiger partial charge in [-0.15, -0.1) is 0 Å². The first-order valence-corrected chi connectivity index (χ1v) is 20.2. The number of rotatable bonds is 37. The number of nitrogens with one attached hydrogen (secondary N) is 1. The van der Waals surface area contributed by atoms with E-state index in [9.17, 15) is 15.0 Å². The Hall–Kier alpha value is -0.610. The van der Waals surface area contributed by atoms with Crippen LogP contribution in [-0.4, -0.2) is 34.9 Å². The normalized spacial score (nSPS) is 12.9. The summed E-state index contributed by atoms with van der Waals surface area (Å²) in [6.07, 6.45) is 43.6. The van der Waals surface area contributed by atoms with Crippen molar-refractivity contribution in [1.29, 1.82) is 0 Å². The second kappa shape index (κ2) is 36.9. The molecule has 0 fully saturated rings. The maximum atomic E-state index is 12.2. The third-order valence-corrected chi connectivity index (χ3v) is 9.62. The maximum Gasteiger partial charge on any atom is 0.220 e. The molecule has 264 valence electrons. The smallest absolute Gasteiger partial charge is 0.220 e. The minimum atomic E-state index is -0.649. The Bertz CT molecular complexity index is 555. The maximum absolute atomic E-state index is 12.2. The SMILES string of the molecule is CCCCCCCCCCCCCCCCCCCCCCCCCCCCCC(=O)NC(CO)C(O)CCCCCCC. The molecular formula is C40H81NO3. The summed E-state index contributed by atoms with van der Waals surface area (Å²) in [6, 6.07) is -0.525. The molecule has 0 bridgehead atoms. The van der Waals surface area contributed by atoms with Gasteiger partial charge in [0, 0.05) is 6.42 Å². The number of hydrogen-bond acceptors (Lipinski definition) is 3. The predicted molar refractivity (Wildman–Crippen MR) is 193 cm³/mol. The number of aliphatic hydroxyl groups excluding tert-OH is 2. The van der Waals surface area contributed by atoms with E-state index >= 15 is 0 Å². The average Bonchev–Trinajstić information content (AvgIpc) is 3.03. The molecule has 1 amide bonds. The van der Waals surface area contributed by atoms with Crippen molar-refractivity contribution in [3.05, 3.63) is 0 Å². The zero-order valence-corrected chi connectivity index (χ0v) is 30.2. The van der Waals surface area contributed by atoms with E-state index in [2.05, 4.69) is 19.2 Å². The lowest BCUT2D eigenvalue weighted by Crippen LogP contribution is -2.45. The summed E-state index contributed by atoms with van der Waals surface area (Å²) in [5.41, 5.74) is 0. The molecule has 0 aromatic carbocycles. The molecule has 4 heteroatoms. The molecule has 4 nitrogen and oxygen atoms in total. The van der Waals surface area contributed by atoms with E-state index in [4.69, 9.17) is 0 Å². The van der Waals surface area contributed by atoms with Crippen LogP contribution in [0.5, 0.6) is 0 Å². The summed E-state index contributed by atoms with van der Waals surface area (Å²) in [5, 5.41) is 22.7. The van der Waals surface area contributed by atoms with Crippen molar-refractivity contribution in [2.75, 3.05) is 6.61 Å². The second-order valence-electron chi connectivity index (χ2n) is 14.1. The lowest BCUT2D eigenvalue weighted by atomic mass is 10.0. The molecule has 0 radical (unpaired) electrons. The monoisotopic (exact) mass is 624 g/mol. The first-order valence-electron chi connectivity index (χ1n) is 20.2. The molecule has 0 spiro atoms. The van der Waals surface area contributed by atoms with Crippen molar-refractivity contribution in [3.63, 3.8) is 0 Å². The van der Waals surface area contributed by atoms with Gasteiger partial charge in [-0.1, -0.05) is 213 Å². The Morgan fingerprint density at radius 2 is 0.727 bits per heavy atom. The van der Waals surface area contributed by atoms with Gasteiger partial charge >= 0.3 is 0 Å². The zero-order valence-electron chi connectivity index (χ0n) is 30.2. The van der Waals surface area contributed by atoms with Crippen LogP contribution < -0.4 is 5.32 Å². The van der Waals surface area contributed by atoms with E-state index in [1.807, 2.05) is 0 Å². The van der Waals surface area contributed by atoms with Gasteiger partial charge in [-0.05, 0) is 12.8 Å². The van der Waals surface area contributed by atoms with Gasteiger partial charge in [-0.2, -0.15) is 0 Å². The van der Waals surface area contributed by atoms with Crippen LogP contribution in [0.15, 0.2) is 0 Å². The summed E-state index contributed by atoms with van der Waals surface area (Å²) >= 11 is 0. The van der Waals surface area contributed by atoms with Crippen molar-refractivity contribution in [2.45, 2.75) is 244 Å². The van der Waals surface area contributed by atoms with E-state index in [1.54, 1.807) is 0 Å². The van der Waals surface area contributed by atoms with Gasteiger partial charge in [0.1, 0.15) is 0 Å². The average molecular weight is 624 g/mol. The van der Waals surface area contributed by atoms with Crippen LogP contribution in [0.25, 0.3) is 0 Å². The van der Waals surface area contributed by atoms with E-state index in [0.29, 0.717) is 12.8 Å². The highest BCUT2D eigenvalue weighted by Gasteiger charge is 2.19. The third-order valence-electron chi connectivity index (χ3n) is 9.62. The van der Waals surface area contributed by atoms with E-state index < -0.39 is 12.1 Å². The number of hydrogen-bond donors (Lipinski definition) is 3. The van der Waals surface area contributed by atoms with E-state index in [1.165, 1.54) is 180 Å². The van der Waals surface area contributed by atoms with Gasteiger partial charge in [-0.3, -0.25) is 4.79 Å². The van der Waals surface area contributed by atoms with Gasteiger partial charge < -0.3 is 15.5 Å². The van der Waals surface area contributed by atoms with Gasteiger partial charge in [0.15, 0.2) is 0 Å². The van der Waals surface area contributed by atoms with E-state index in [-0.39, 0.29) is 12.5 Å². The molecule has 0 aromatic heterocycles. The summed E-state index contributed by atoms with van der Waals surface area (Å²) in [7, 11) is 0. The largest absolute Gasteiger partial charge is 0.394 e. The highest BCUT2D eigenvalue weighted by Crippen LogP contribution is 2.16. The third kappa shape index (κ3) is 32.8. The molecule has 0 heterocycles. The van der Waals surface area contributed by atoms with Crippen LogP contribution in [0, 0.1) is 0 Å². The fourth-order valence-electron chi connectivity index (χ4n) is 6.48. The molecule has 3 N–H and O–H groups in total. The van der Waals surface area contributed by atoms with Crippen LogP contribution in [0.4, 0.5) is 0 Å². The predicted octanol–water partition coefficient (Wildman–Crippen LogP) is 12.1. The van der Waals surface area contributed by atoms with Crippen molar-refractivity contribution >= 4 is 5.91 Å². The minimum Gasteiger partial charge on any atom is -0.394 e. The molecule has 0 saturated carbocycles. The molecule has 44 heavy (non-hydrogen) atoms. The Balaban J connectivity index is 3.31. The van der Waals surface area contributed by atoms with Crippen molar-refractivity contribution < 1.29 is 15.0 Å². The summed E-state index contributed by atoms with van der Waals surface area (Å²) < 4.78 is 0. The standard InChI is InChI=1S/C40H81NO3/c1-3-5-7-9-10-11-12-13-14-15-16-17-18-19-20-21-22-23-24-25-26-27-28-29-30-32-34-36-40(44)41-38(37-42)39(43)35-33-31-8-6-4-2/h38-39,42-43H,3-37H2,1-2H3,(H,41,44). The zero-order chi connectivity index (χ0) is 32.2. The quantitative estimate of drug-likeness (QED) is 0.0603. The molecule has 2 unspecified atom stereocenters. The summed E-state index contributed by atoms with van der Waals surface area (Å²) in [6.45, 7) is 4.30. The molecule has 0 rings (SSSR count). The van der Waals surface area contributed by atoms with Gasteiger partial charge in [0.05, 0.1) is 18.8 Å². The van der Waals surface area contributed by atoms with Crippen LogP contribution in [0.2, 0.25) is 0 Å². The number of carbonyl (C=O) groups excluding carboxylic acids is 1. The fourth-order valence-corrected chi connectivity index (χ4v) is 6.48. The van der Waals surface area contributed by atoms with Crippen LogP contribution in [0.3, 0.4) is 0 Å². The Morgan fingerprint density at radius 3 is 1.02 bits per heavy atom. The van der Waals surface area contributed by atoms with Crippen molar-refractivity contribution in [3.8, 4) is 0 Å². The Kier molecular flexibility index (Phi) is 36.3. The summed E-state index contributed by atoms with van der Waals surface area (Å²) in [4.78, 5) is 12.2. The molecule has 0 aromatic rings. The Morgan fingerprint density at radius 1 is 0.455 bits per heavy atom. The van der Waals surface area contributed by atoms with Crippen LogP contribution >= 0.6 is 0 Å². The number of unbranched alkanes of at least 4 members (excludes halogenated alkanes) is 30. The highest BCUT2D eigenvalue weighted by atomic mass is 16.3. The van der Waals surface area contributed by atoms with Crippen LogP contribution in [-0.2, 0) is 4.79 Å². The number of carbonyl (C=O) groups is 1. The van der Waals surface area contributed by atoms with E-state index in [0.717, 1.165) is 25.7 Å². The van der Waals surface area contributed by atoms with Crippen molar-refractivity contribution in [1.82, 2.24) is 5.32 Å². The Labute approximate surface area is 276 Å². The highest BCUT2D eigenvalue weighted by molar-refractivity contribution is 5.76. The topological polar surface area (TPSA) is 69.6 Å². The lowest BCUT2D eigenvalue weighted by Gasteiger charge is -2.22. The molecule has 0 aliphatic rings. The summed E-state index contributed by atoms with van der Waals surface area (Å²) in [5.74, 6) is -0.0336. The molecule has 2 atom stereocenters. The van der Waals surface area contributed by atoms with Crippen molar-refractivity contribution in [2.24, 2.45) is 0 Å². The fraction of sp³-hybridized carbons (Fsp3) is 0.975. The second-order valence-corrected chi connectivity index (χ2v) is 14.1. The minimum absolute atomic E-state index is 0.0336. The number of aliphatic hydroxyl groups is 2. The molecular weight excluding hydrogens is 542 g/mol. The van der Waals surface area contributed by atoms with Gasteiger partial charge in [0.25, 0.3) is 0 Å². The first-order chi connectivity index (χ1) is 21.7.